The summed E-state index contributed by atoms with van der Waals surface area (Å²) >= 11 is 6.55. The summed E-state index contributed by atoms with van der Waals surface area (Å²) in [5, 5.41) is 0.110. The summed E-state index contributed by atoms with van der Waals surface area (Å²) in [6.45, 7) is 11.2. The van der Waals surface area contributed by atoms with Gasteiger partial charge in [0.15, 0.2) is 0 Å². The highest BCUT2D eigenvalue weighted by molar-refractivity contribution is 6.21. The second kappa shape index (κ2) is 7.28. The molecule has 0 amide bonds. The number of benzene rings is 1. The summed E-state index contributed by atoms with van der Waals surface area (Å²) in [4.78, 5) is 4.98. The van der Waals surface area contributed by atoms with Crippen molar-refractivity contribution in [2.45, 2.75) is 25.6 Å². The number of halogens is 1. The van der Waals surface area contributed by atoms with Crippen molar-refractivity contribution in [2.75, 3.05) is 39.3 Å². The van der Waals surface area contributed by atoms with Crippen molar-refractivity contribution < 1.29 is 0 Å². The number of rotatable bonds is 5. The molecule has 1 fully saturated rings. The van der Waals surface area contributed by atoms with Crippen LogP contribution in [0.25, 0.3) is 0 Å². The summed E-state index contributed by atoms with van der Waals surface area (Å²) in [5.41, 5.74) is 2.63. The predicted molar refractivity (Wildman–Crippen MR) is 83.0 cm³/mol. The quantitative estimate of drug-likeness (QED) is 0.765. The van der Waals surface area contributed by atoms with E-state index in [0.717, 1.165) is 32.6 Å². The van der Waals surface area contributed by atoms with Gasteiger partial charge in [-0.3, -0.25) is 4.90 Å². The van der Waals surface area contributed by atoms with Crippen molar-refractivity contribution in [3.63, 3.8) is 0 Å². The Morgan fingerprint density at radius 3 is 2.11 bits per heavy atom. The summed E-state index contributed by atoms with van der Waals surface area (Å²) < 4.78 is 0. The lowest BCUT2D eigenvalue weighted by Crippen LogP contribution is -2.46. The molecule has 1 heterocycles. The highest BCUT2D eigenvalue weighted by atomic mass is 35.5. The third kappa shape index (κ3) is 4.20. The zero-order chi connectivity index (χ0) is 13.7. The molecule has 0 bridgehead atoms. The molecule has 0 radical (unpaired) electrons. The van der Waals surface area contributed by atoms with Crippen LogP contribution in [0.1, 0.15) is 30.4 Å². The van der Waals surface area contributed by atoms with Gasteiger partial charge in [-0.25, -0.2) is 0 Å². The fraction of sp³-hybridized carbons (Fsp3) is 0.625. The van der Waals surface area contributed by atoms with Gasteiger partial charge in [-0.05, 0) is 24.1 Å². The van der Waals surface area contributed by atoms with Crippen LogP contribution in [0.4, 0.5) is 0 Å². The highest BCUT2D eigenvalue weighted by Gasteiger charge is 2.18. The number of likely N-dealkylation sites (N-methyl/N-ethyl adjacent to an activating group) is 1. The molecule has 1 aromatic rings. The minimum Gasteiger partial charge on any atom is -0.301 e. The van der Waals surface area contributed by atoms with Crippen LogP contribution in [0.3, 0.4) is 0 Å². The van der Waals surface area contributed by atoms with Gasteiger partial charge in [-0.1, -0.05) is 38.1 Å². The topological polar surface area (TPSA) is 6.48 Å². The first-order valence-corrected chi connectivity index (χ1v) is 7.84. The second-order valence-corrected chi connectivity index (χ2v) is 5.82. The Bertz CT molecular complexity index is 369. The van der Waals surface area contributed by atoms with Gasteiger partial charge in [-0.15, -0.1) is 11.6 Å². The van der Waals surface area contributed by atoms with Crippen molar-refractivity contribution >= 4 is 11.6 Å². The lowest BCUT2D eigenvalue weighted by molar-refractivity contribution is 0.137. The number of alkyl halides is 1. The van der Waals surface area contributed by atoms with Crippen molar-refractivity contribution in [2.24, 2.45) is 0 Å². The number of nitrogens with zero attached hydrogens (tertiary/aromatic N) is 2. The molecule has 0 aliphatic carbocycles. The van der Waals surface area contributed by atoms with Crippen LogP contribution < -0.4 is 0 Å². The molecule has 3 heteroatoms. The summed E-state index contributed by atoms with van der Waals surface area (Å²) in [7, 11) is 0. The maximum Gasteiger partial charge on any atom is 0.0712 e. The van der Waals surface area contributed by atoms with E-state index in [9.17, 15) is 0 Å². The van der Waals surface area contributed by atoms with Crippen molar-refractivity contribution in [1.82, 2.24) is 9.80 Å². The van der Waals surface area contributed by atoms with E-state index in [4.69, 9.17) is 11.6 Å². The van der Waals surface area contributed by atoms with Gasteiger partial charge in [0, 0.05) is 32.7 Å². The number of hydrogen-bond acceptors (Lipinski definition) is 2. The van der Waals surface area contributed by atoms with Crippen molar-refractivity contribution in [1.29, 1.82) is 0 Å². The maximum absolute atomic E-state index is 6.55. The van der Waals surface area contributed by atoms with E-state index in [-0.39, 0.29) is 5.38 Å². The summed E-state index contributed by atoms with van der Waals surface area (Å²) in [6.07, 6.45) is 1.09. The molecule has 1 saturated heterocycles. The van der Waals surface area contributed by atoms with Crippen LogP contribution in [0, 0.1) is 0 Å². The molecule has 1 atom stereocenters. The molecule has 0 saturated carbocycles. The molecule has 19 heavy (non-hydrogen) atoms. The molecule has 2 rings (SSSR count). The van der Waals surface area contributed by atoms with Gasteiger partial charge in [0.25, 0.3) is 0 Å². The Hall–Kier alpha value is -0.570. The molecule has 0 aromatic heterocycles. The zero-order valence-corrected chi connectivity index (χ0v) is 12.9. The molecule has 106 valence electrons. The average Bonchev–Trinajstić information content (AvgIpc) is 2.48. The van der Waals surface area contributed by atoms with Gasteiger partial charge in [-0.2, -0.15) is 0 Å². The van der Waals surface area contributed by atoms with Gasteiger partial charge in [0.1, 0.15) is 0 Å². The van der Waals surface area contributed by atoms with Crippen molar-refractivity contribution in [3.8, 4) is 0 Å². The lowest BCUT2D eigenvalue weighted by atomic mass is 10.1. The van der Waals surface area contributed by atoms with E-state index >= 15 is 0 Å². The molecule has 2 nitrogen and oxygen atoms in total. The molecular weight excluding hydrogens is 256 g/mol. The average molecular weight is 281 g/mol. The summed E-state index contributed by atoms with van der Waals surface area (Å²) in [6, 6.07) is 8.75. The minimum absolute atomic E-state index is 0.110. The minimum atomic E-state index is 0.110. The zero-order valence-electron chi connectivity index (χ0n) is 12.1. The monoisotopic (exact) mass is 280 g/mol. The number of aryl methyl sites for hydroxylation is 1. The largest absolute Gasteiger partial charge is 0.301 e. The molecular formula is C16H25ClN2. The van der Waals surface area contributed by atoms with Gasteiger partial charge >= 0.3 is 0 Å². The van der Waals surface area contributed by atoms with E-state index in [2.05, 4.69) is 47.9 Å². The molecule has 1 unspecified atom stereocenters. The maximum atomic E-state index is 6.55. The van der Waals surface area contributed by atoms with E-state index in [1.54, 1.807) is 0 Å². The van der Waals surface area contributed by atoms with Crippen molar-refractivity contribution in [3.05, 3.63) is 35.4 Å². The van der Waals surface area contributed by atoms with Crippen LogP contribution in [0.15, 0.2) is 24.3 Å². The van der Waals surface area contributed by atoms with E-state index in [1.165, 1.54) is 24.2 Å². The molecule has 1 aliphatic rings. The first kappa shape index (κ1) is 14.8. The standard InChI is InChI=1S/C16H25ClN2/c1-3-14-5-7-15(8-6-14)16(17)13-19-11-9-18(4-2)10-12-19/h5-8,16H,3-4,9-13H2,1-2H3. The summed E-state index contributed by atoms with van der Waals surface area (Å²) in [5.74, 6) is 0. The molecule has 1 aliphatic heterocycles. The lowest BCUT2D eigenvalue weighted by Gasteiger charge is -2.35. The fourth-order valence-corrected chi connectivity index (χ4v) is 2.92. The van der Waals surface area contributed by atoms with Crippen LogP contribution in [0.2, 0.25) is 0 Å². The van der Waals surface area contributed by atoms with E-state index in [0.29, 0.717) is 0 Å². The van der Waals surface area contributed by atoms with Crippen LogP contribution in [0.5, 0.6) is 0 Å². The normalized spacial score (nSPS) is 19.5. The number of piperazine rings is 1. The smallest absolute Gasteiger partial charge is 0.0712 e. The Labute approximate surface area is 122 Å². The Kier molecular flexibility index (Phi) is 5.68. The first-order valence-electron chi connectivity index (χ1n) is 7.40. The molecule has 0 spiro atoms. The van der Waals surface area contributed by atoms with Gasteiger partial charge in [0.05, 0.1) is 5.38 Å². The Morgan fingerprint density at radius 1 is 1.00 bits per heavy atom. The van der Waals surface area contributed by atoms with E-state index < -0.39 is 0 Å². The first-order chi connectivity index (χ1) is 9.22. The van der Waals surface area contributed by atoms with Crippen LogP contribution in [-0.4, -0.2) is 49.1 Å². The van der Waals surface area contributed by atoms with Gasteiger partial charge in [0.2, 0.25) is 0 Å². The number of hydrogen-bond donors (Lipinski definition) is 0. The molecule has 0 N–H and O–H groups in total. The Balaban J connectivity index is 1.85. The van der Waals surface area contributed by atoms with Crippen LogP contribution in [-0.2, 0) is 6.42 Å². The molecule has 1 aromatic carbocycles. The predicted octanol–water partition coefficient (Wildman–Crippen LogP) is 3.17. The fourth-order valence-electron chi connectivity index (χ4n) is 2.58. The van der Waals surface area contributed by atoms with Gasteiger partial charge < -0.3 is 4.90 Å². The second-order valence-electron chi connectivity index (χ2n) is 5.30. The third-order valence-electron chi connectivity index (χ3n) is 4.08. The Morgan fingerprint density at radius 2 is 1.58 bits per heavy atom. The highest BCUT2D eigenvalue weighted by Crippen LogP contribution is 2.22. The van der Waals surface area contributed by atoms with Crippen LogP contribution >= 0.6 is 11.6 Å². The third-order valence-corrected chi connectivity index (χ3v) is 4.47. The SMILES string of the molecule is CCc1ccc(C(Cl)CN2CCN(CC)CC2)cc1. The van der Waals surface area contributed by atoms with E-state index in [1.807, 2.05) is 0 Å².